The predicted molar refractivity (Wildman–Crippen MR) is 101 cm³/mol. The van der Waals surface area contributed by atoms with Crippen LogP contribution in [-0.2, 0) is 0 Å². The molecule has 8 nitrogen and oxygen atoms in total. The minimum atomic E-state index is -0.536. The fourth-order valence-corrected chi connectivity index (χ4v) is 3.22. The Kier molecular flexibility index (Phi) is 4.31. The molecule has 1 amide bonds. The molecule has 4 rings (SSSR count). The van der Waals surface area contributed by atoms with Crippen LogP contribution in [-0.4, -0.2) is 34.1 Å². The van der Waals surface area contributed by atoms with Gasteiger partial charge in [0.2, 0.25) is 0 Å². The van der Waals surface area contributed by atoms with Gasteiger partial charge in [0, 0.05) is 0 Å². The van der Waals surface area contributed by atoms with Gasteiger partial charge in [0.05, 0.1) is 11.4 Å². The molecule has 0 aliphatic carbocycles. The average molecular weight is 367 g/mol. The molecular weight excluding hydrogens is 346 g/mol. The molecule has 0 fully saturated rings. The summed E-state index contributed by atoms with van der Waals surface area (Å²) in [5.41, 5.74) is 7.29. The van der Waals surface area contributed by atoms with Crippen molar-refractivity contribution in [2.24, 2.45) is 11.7 Å². The average Bonchev–Trinajstić information content (AvgIpc) is 3.11. The van der Waals surface area contributed by atoms with E-state index >= 15 is 0 Å². The highest BCUT2D eigenvalue weighted by molar-refractivity contribution is 5.99. The van der Waals surface area contributed by atoms with E-state index in [0.717, 1.165) is 22.4 Å². The van der Waals surface area contributed by atoms with Crippen LogP contribution in [0.5, 0.6) is 11.5 Å². The molecule has 1 atom stereocenters. The van der Waals surface area contributed by atoms with Crippen LogP contribution in [0.15, 0.2) is 30.6 Å². The SMILES string of the molecule is CC(C)[C@@H](Nc1ncnc2[nH]c(C(N)=O)cc12)c1ccc2c(c1)OCCO2. The molecule has 1 aromatic carbocycles. The van der Waals surface area contributed by atoms with Crippen LogP contribution in [0.4, 0.5) is 5.82 Å². The van der Waals surface area contributed by atoms with Gasteiger partial charge < -0.3 is 25.5 Å². The maximum absolute atomic E-state index is 11.5. The topological polar surface area (TPSA) is 115 Å². The van der Waals surface area contributed by atoms with E-state index in [9.17, 15) is 4.79 Å². The summed E-state index contributed by atoms with van der Waals surface area (Å²) in [5.74, 6) is 1.88. The van der Waals surface area contributed by atoms with E-state index in [0.29, 0.717) is 30.4 Å². The van der Waals surface area contributed by atoms with Crippen LogP contribution >= 0.6 is 0 Å². The van der Waals surface area contributed by atoms with Gasteiger partial charge in [0.15, 0.2) is 11.5 Å². The summed E-state index contributed by atoms with van der Waals surface area (Å²) in [6.45, 7) is 5.35. The number of benzene rings is 1. The number of carbonyl (C=O) groups excluding carboxylic acids is 1. The van der Waals surface area contributed by atoms with Gasteiger partial charge in [-0.15, -0.1) is 0 Å². The molecule has 3 aromatic rings. The Morgan fingerprint density at radius 2 is 1.96 bits per heavy atom. The normalized spacial score (nSPS) is 14.3. The Morgan fingerprint density at radius 1 is 1.19 bits per heavy atom. The van der Waals surface area contributed by atoms with Crippen LogP contribution in [0.3, 0.4) is 0 Å². The summed E-state index contributed by atoms with van der Waals surface area (Å²) in [6.07, 6.45) is 1.45. The highest BCUT2D eigenvalue weighted by Gasteiger charge is 2.21. The maximum atomic E-state index is 11.5. The van der Waals surface area contributed by atoms with E-state index in [4.69, 9.17) is 15.2 Å². The number of aromatic amines is 1. The highest BCUT2D eigenvalue weighted by atomic mass is 16.6. The van der Waals surface area contributed by atoms with Gasteiger partial charge in [-0.3, -0.25) is 4.79 Å². The minimum Gasteiger partial charge on any atom is -0.486 e. The zero-order valence-corrected chi connectivity index (χ0v) is 15.2. The molecule has 0 spiro atoms. The zero-order chi connectivity index (χ0) is 19.0. The second-order valence-corrected chi connectivity index (χ2v) is 6.80. The molecule has 0 bridgehead atoms. The number of anilines is 1. The van der Waals surface area contributed by atoms with Crippen molar-refractivity contribution < 1.29 is 14.3 Å². The number of amides is 1. The molecular formula is C19H21N5O3. The third-order valence-electron chi connectivity index (χ3n) is 4.58. The van der Waals surface area contributed by atoms with Gasteiger partial charge in [0.1, 0.15) is 36.7 Å². The molecule has 4 N–H and O–H groups in total. The zero-order valence-electron chi connectivity index (χ0n) is 15.2. The molecule has 8 heteroatoms. The van der Waals surface area contributed by atoms with E-state index in [1.807, 2.05) is 18.2 Å². The van der Waals surface area contributed by atoms with Gasteiger partial charge in [-0.1, -0.05) is 19.9 Å². The number of ether oxygens (including phenoxy) is 2. The summed E-state index contributed by atoms with van der Waals surface area (Å²) in [6, 6.07) is 7.59. The second-order valence-electron chi connectivity index (χ2n) is 6.80. The third kappa shape index (κ3) is 3.25. The van der Waals surface area contributed by atoms with Crippen LogP contribution in [0.1, 0.15) is 35.9 Å². The van der Waals surface area contributed by atoms with Crippen LogP contribution < -0.4 is 20.5 Å². The Morgan fingerprint density at radius 3 is 2.70 bits per heavy atom. The van der Waals surface area contributed by atoms with Gasteiger partial charge in [-0.25, -0.2) is 9.97 Å². The number of H-pyrrole nitrogens is 1. The molecule has 0 saturated carbocycles. The predicted octanol–water partition coefficient (Wildman–Crippen LogP) is 2.64. The summed E-state index contributed by atoms with van der Waals surface area (Å²) >= 11 is 0. The van der Waals surface area contributed by atoms with Crippen molar-refractivity contribution in [1.29, 1.82) is 0 Å². The number of primary amides is 1. The van der Waals surface area contributed by atoms with Crippen molar-refractivity contribution in [1.82, 2.24) is 15.0 Å². The molecule has 1 aliphatic heterocycles. The minimum absolute atomic E-state index is 0.0224. The number of nitrogens with zero attached hydrogens (tertiary/aromatic N) is 2. The number of carbonyl (C=O) groups is 1. The summed E-state index contributed by atoms with van der Waals surface area (Å²) in [7, 11) is 0. The first-order valence-corrected chi connectivity index (χ1v) is 8.82. The van der Waals surface area contributed by atoms with Gasteiger partial charge in [0.25, 0.3) is 5.91 Å². The smallest absolute Gasteiger partial charge is 0.265 e. The Bertz CT molecular complexity index is 998. The number of hydrogen-bond acceptors (Lipinski definition) is 6. The first-order valence-electron chi connectivity index (χ1n) is 8.82. The highest BCUT2D eigenvalue weighted by Crippen LogP contribution is 2.36. The van der Waals surface area contributed by atoms with E-state index in [1.165, 1.54) is 6.33 Å². The lowest BCUT2D eigenvalue weighted by Crippen LogP contribution is -2.19. The fraction of sp³-hybridized carbons (Fsp3) is 0.316. The van der Waals surface area contributed by atoms with Gasteiger partial charge in [-0.05, 0) is 29.7 Å². The fourth-order valence-electron chi connectivity index (χ4n) is 3.22. The first kappa shape index (κ1) is 17.1. The van der Waals surface area contributed by atoms with Crippen molar-refractivity contribution in [2.75, 3.05) is 18.5 Å². The Hall–Kier alpha value is -3.29. The molecule has 2 aromatic heterocycles. The number of nitrogens with two attached hydrogens (primary N) is 1. The first-order chi connectivity index (χ1) is 13.0. The van der Waals surface area contributed by atoms with E-state index in [1.54, 1.807) is 6.07 Å². The standard InChI is InChI=1S/C19H21N5O3/c1-10(2)16(11-3-4-14-15(7-11)27-6-5-26-14)24-19-12-8-13(17(20)25)23-18(12)21-9-22-19/h3-4,7-10,16H,5-6H2,1-2H3,(H2,20,25)(H2,21,22,23,24)/t16-/m1/s1. The van der Waals surface area contributed by atoms with Crippen LogP contribution in [0.2, 0.25) is 0 Å². The Balaban J connectivity index is 1.70. The van der Waals surface area contributed by atoms with Crippen molar-refractivity contribution in [3.05, 3.63) is 41.9 Å². The summed E-state index contributed by atoms with van der Waals surface area (Å²) < 4.78 is 11.3. The second kappa shape index (κ2) is 6.79. The quantitative estimate of drug-likeness (QED) is 0.638. The third-order valence-corrected chi connectivity index (χ3v) is 4.58. The number of hydrogen-bond donors (Lipinski definition) is 3. The lowest BCUT2D eigenvalue weighted by Gasteiger charge is -2.26. The number of aromatic nitrogens is 3. The van der Waals surface area contributed by atoms with Crippen molar-refractivity contribution in [3.8, 4) is 11.5 Å². The van der Waals surface area contributed by atoms with E-state index in [2.05, 4.69) is 34.1 Å². The molecule has 3 heterocycles. The van der Waals surface area contributed by atoms with Crippen molar-refractivity contribution in [3.63, 3.8) is 0 Å². The lowest BCUT2D eigenvalue weighted by atomic mass is 9.95. The van der Waals surface area contributed by atoms with Crippen LogP contribution in [0.25, 0.3) is 11.0 Å². The monoisotopic (exact) mass is 367 g/mol. The number of rotatable bonds is 5. The summed E-state index contributed by atoms with van der Waals surface area (Å²) in [5, 5.41) is 4.19. The van der Waals surface area contributed by atoms with Crippen molar-refractivity contribution >= 4 is 22.8 Å². The van der Waals surface area contributed by atoms with Gasteiger partial charge in [-0.2, -0.15) is 0 Å². The lowest BCUT2D eigenvalue weighted by molar-refractivity contribution is 0.0996. The molecule has 0 unspecified atom stereocenters. The van der Waals surface area contributed by atoms with Crippen molar-refractivity contribution in [2.45, 2.75) is 19.9 Å². The number of fused-ring (bicyclic) bond motifs is 2. The number of nitrogens with one attached hydrogen (secondary N) is 2. The molecule has 0 radical (unpaired) electrons. The molecule has 1 aliphatic rings. The Labute approximate surface area is 156 Å². The molecule has 0 saturated heterocycles. The largest absolute Gasteiger partial charge is 0.486 e. The van der Waals surface area contributed by atoms with Crippen LogP contribution in [0, 0.1) is 5.92 Å². The maximum Gasteiger partial charge on any atom is 0.265 e. The molecule has 140 valence electrons. The summed E-state index contributed by atoms with van der Waals surface area (Å²) in [4.78, 5) is 22.9. The van der Waals surface area contributed by atoms with E-state index < -0.39 is 5.91 Å². The molecule has 27 heavy (non-hydrogen) atoms. The van der Waals surface area contributed by atoms with Gasteiger partial charge >= 0.3 is 0 Å². The van der Waals surface area contributed by atoms with E-state index in [-0.39, 0.29) is 12.0 Å².